The molecule has 2 rings (SSSR count). The zero-order valence-corrected chi connectivity index (χ0v) is 12.9. The SMILES string of the molecule is CC1CCCN(CC(C)NS(=O)(=O)c2cccnc2)C1. The first kappa shape index (κ1) is 15.4. The third-order valence-corrected chi connectivity index (χ3v) is 5.15. The van der Waals surface area contributed by atoms with E-state index in [2.05, 4.69) is 21.5 Å². The predicted molar refractivity (Wildman–Crippen MR) is 78.9 cm³/mol. The minimum absolute atomic E-state index is 0.106. The Morgan fingerprint density at radius 1 is 1.55 bits per heavy atom. The number of nitrogens with one attached hydrogen (secondary N) is 1. The normalized spacial score (nSPS) is 22.6. The predicted octanol–water partition coefficient (Wildman–Crippen LogP) is 1.48. The maximum absolute atomic E-state index is 12.2. The van der Waals surface area contributed by atoms with Gasteiger partial charge in [0.1, 0.15) is 4.90 Å². The minimum Gasteiger partial charge on any atom is -0.301 e. The molecule has 1 saturated heterocycles. The number of nitrogens with zero attached hydrogens (tertiary/aromatic N) is 2. The summed E-state index contributed by atoms with van der Waals surface area (Å²) in [4.78, 5) is 6.41. The lowest BCUT2D eigenvalue weighted by Gasteiger charge is -2.32. The monoisotopic (exact) mass is 297 g/mol. The van der Waals surface area contributed by atoms with Crippen LogP contribution < -0.4 is 4.72 Å². The number of hydrogen-bond acceptors (Lipinski definition) is 4. The van der Waals surface area contributed by atoms with Crippen molar-refractivity contribution in [2.45, 2.75) is 37.6 Å². The van der Waals surface area contributed by atoms with Crippen molar-refractivity contribution in [3.05, 3.63) is 24.5 Å². The van der Waals surface area contributed by atoms with E-state index in [0.29, 0.717) is 5.92 Å². The van der Waals surface area contributed by atoms with Gasteiger partial charge in [0.2, 0.25) is 10.0 Å². The molecule has 1 aromatic heterocycles. The summed E-state index contributed by atoms with van der Waals surface area (Å²) in [6.07, 6.45) is 5.41. The molecule has 1 fully saturated rings. The quantitative estimate of drug-likeness (QED) is 0.894. The highest BCUT2D eigenvalue weighted by molar-refractivity contribution is 7.89. The summed E-state index contributed by atoms with van der Waals surface area (Å²) in [5.74, 6) is 0.700. The van der Waals surface area contributed by atoms with Gasteiger partial charge in [-0.15, -0.1) is 0 Å². The van der Waals surface area contributed by atoms with Crippen molar-refractivity contribution in [1.82, 2.24) is 14.6 Å². The molecule has 20 heavy (non-hydrogen) atoms. The maximum Gasteiger partial charge on any atom is 0.242 e. The molecule has 0 aliphatic carbocycles. The first-order valence-corrected chi connectivity index (χ1v) is 8.60. The zero-order valence-electron chi connectivity index (χ0n) is 12.1. The fraction of sp³-hybridized carbons (Fsp3) is 0.643. The van der Waals surface area contributed by atoms with Gasteiger partial charge in [-0.05, 0) is 44.4 Å². The second kappa shape index (κ2) is 6.65. The van der Waals surface area contributed by atoms with Crippen LogP contribution in [0.2, 0.25) is 0 Å². The largest absolute Gasteiger partial charge is 0.301 e. The highest BCUT2D eigenvalue weighted by Gasteiger charge is 2.21. The second-order valence-electron chi connectivity index (χ2n) is 5.72. The van der Waals surface area contributed by atoms with Crippen LogP contribution in [-0.2, 0) is 10.0 Å². The fourth-order valence-electron chi connectivity index (χ4n) is 2.72. The van der Waals surface area contributed by atoms with Gasteiger partial charge in [-0.2, -0.15) is 0 Å². The van der Waals surface area contributed by atoms with Gasteiger partial charge in [0.05, 0.1) is 0 Å². The average molecular weight is 297 g/mol. The van der Waals surface area contributed by atoms with E-state index in [4.69, 9.17) is 0 Å². The molecule has 2 atom stereocenters. The Balaban J connectivity index is 1.92. The van der Waals surface area contributed by atoms with Crippen molar-refractivity contribution < 1.29 is 8.42 Å². The van der Waals surface area contributed by atoms with Gasteiger partial charge in [-0.25, -0.2) is 13.1 Å². The summed E-state index contributed by atoms with van der Waals surface area (Å²) in [5.41, 5.74) is 0. The fourth-order valence-corrected chi connectivity index (χ4v) is 3.91. The van der Waals surface area contributed by atoms with Crippen LogP contribution in [0.25, 0.3) is 0 Å². The first-order valence-electron chi connectivity index (χ1n) is 7.12. The number of aromatic nitrogens is 1. The van der Waals surface area contributed by atoms with Crippen molar-refractivity contribution in [1.29, 1.82) is 0 Å². The number of rotatable bonds is 5. The number of piperidine rings is 1. The molecule has 0 radical (unpaired) electrons. The highest BCUT2D eigenvalue weighted by atomic mass is 32.2. The number of likely N-dealkylation sites (tertiary alicyclic amines) is 1. The van der Waals surface area contributed by atoms with E-state index >= 15 is 0 Å². The van der Waals surface area contributed by atoms with E-state index in [0.717, 1.165) is 19.6 Å². The van der Waals surface area contributed by atoms with Crippen LogP contribution >= 0.6 is 0 Å². The lowest BCUT2D eigenvalue weighted by Crippen LogP contribution is -2.45. The van der Waals surface area contributed by atoms with Gasteiger partial charge in [0, 0.05) is 31.5 Å². The van der Waals surface area contributed by atoms with Crippen LogP contribution in [-0.4, -0.2) is 44.0 Å². The van der Waals surface area contributed by atoms with Gasteiger partial charge in [0.15, 0.2) is 0 Å². The van der Waals surface area contributed by atoms with Gasteiger partial charge in [-0.3, -0.25) is 4.98 Å². The number of hydrogen-bond donors (Lipinski definition) is 1. The molecule has 0 amide bonds. The van der Waals surface area contributed by atoms with Gasteiger partial charge < -0.3 is 4.90 Å². The number of sulfonamides is 1. The van der Waals surface area contributed by atoms with Crippen molar-refractivity contribution in [3.8, 4) is 0 Å². The van der Waals surface area contributed by atoms with Crippen molar-refractivity contribution in [2.24, 2.45) is 5.92 Å². The molecule has 2 unspecified atom stereocenters. The van der Waals surface area contributed by atoms with Crippen molar-refractivity contribution in [3.63, 3.8) is 0 Å². The Kier molecular flexibility index (Phi) is 5.12. The standard InChI is InChI=1S/C14H23N3O2S/c1-12-5-4-8-17(10-12)11-13(2)16-20(18,19)14-6-3-7-15-9-14/h3,6-7,9,12-13,16H,4-5,8,10-11H2,1-2H3. The lowest BCUT2D eigenvalue weighted by atomic mass is 10.00. The third-order valence-electron chi connectivity index (χ3n) is 3.57. The molecule has 1 aromatic rings. The second-order valence-corrected chi connectivity index (χ2v) is 7.43. The van der Waals surface area contributed by atoms with Crippen molar-refractivity contribution in [2.75, 3.05) is 19.6 Å². The summed E-state index contributed by atoms with van der Waals surface area (Å²) in [6, 6.07) is 3.09. The molecule has 2 heterocycles. The van der Waals surface area contributed by atoms with Gasteiger partial charge >= 0.3 is 0 Å². The maximum atomic E-state index is 12.2. The molecule has 112 valence electrons. The van der Waals surface area contributed by atoms with E-state index in [1.165, 1.54) is 19.0 Å². The molecule has 1 aliphatic heterocycles. The molecular weight excluding hydrogens is 274 g/mol. The van der Waals surface area contributed by atoms with Crippen LogP contribution in [0.1, 0.15) is 26.7 Å². The minimum atomic E-state index is -3.46. The van der Waals surface area contributed by atoms with E-state index in [1.54, 1.807) is 18.3 Å². The topological polar surface area (TPSA) is 62.3 Å². The Morgan fingerprint density at radius 2 is 2.35 bits per heavy atom. The summed E-state index contributed by atoms with van der Waals surface area (Å²) in [7, 11) is -3.46. The smallest absolute Gasteiger partial charge is 0.242 e. The van der Waals surface area contributed by atoms with Crippen molar-refractivity contribution >= 4 is 10.0 Å². The average Bonchev–Trinajstić information content (AvgIpc) is 2.39. The lowest BCUT2D eigenvalue weighted by molar-refractivity contribution is 0.174. The third kappa shape index (κ3) is 4.26. The molecule has 0 bridgehead atoms. The molecule has 5 nitrogen and oxygen atoms in total. The van der Waals surface area contributed by atoms with Crippen LogP contribution in [0.4, 0.5) is 0 Å². The van der Waals surface area contributed by atoms with Crippen LogP contribution in [0.3, 0.4) is 0 Å². The van der Waals surface area contributed by atoms with E-state index in [9.17, 15) is 8.42 Å². The van der Waals surface area contributed by atoms with Crippen LogP contribution in [0, 0.1) is 5.92 Å². The summed E-state index contributed by atoms with van der Waals surface area (Å²) >= 11 is 0. The Labute approximate surface area is 121 Å². The molecule has 6 heteroatoms. The Bertz CT molecular complexity index is 518. The van der Waals surface area contributed by atoms with Gasteiger partial charge in [-0.1, -0.05) is 6.92 Å². The van der Waals surface area contributed by atoms with Gasteiger partial charge in [0.25, 0.3) is 0 Å². The molecule has 0 spiro atoms. The summed E-state index contributed by atoms with van der Waals surface area (Å²) in [5, 5.41) is 0. The summed E-state index contributed by atoms with van der Waals surface area (Å²) < 4.78 is 27.1. The van der Waals surface area contributed by atoms with Crippen LogP contribution in [0.5, 0.6) is 0 Å². The van der Waals surface area contributed by atoms with Crippen LogP contribution in [0.15, 0.2) is 29.4 Å². The Hall–Kier alpha value is -0.980. The van der Waals surface area contributed by atoms with E-state index in [-0.39, 0.29) is 10.9 Å². The molecule has 1 aliphatic rings. The molecule has 0 aromatic carbocycles. The van der Waals surface area contributed by atoms with E-state index in [1.807, 2.05) is 6.92 Å². The zero-order chi connectivity index (χ0) is 14.6. The molecule has 0 saturated carbocycles. The molecule has 1 N–H and O–H groups in total. The Morgan fingerprint density at radius 3 is 3.00 bits per heavy atom. The molecular formula is C14H23N3O2S. The first-order chi connectivity index (χ1) is 9.47. The van der Waals surface area contributed by atoms with E-state index < -0.39 is 10.0 Å². The summed E-state index contributed by atoms with van der Waals surface area (Å²) in [6.45, 7) is 7.02. The number of pyridine rings is 1. The highest BCUT2D eigenvalue weighted by Crippen LogP contribution is 2.16.